The van der Waals surface area contributed by atoms with Gasteiger partial charge in [-0.15, -0.1) is 32.9 Å². The molecule has 0 aliphatic rings. The average molecular weight is 578 g/mol. The molecule has 200 valence electrons. The quantitative estimate of drug-likeness (QED) is 0.191. The summed E-state index contributed by atoms with van der Waals surface area (Å²) in [5.41, 5.74) is 3.64. The Kier molecular flexibility index (Phi) is 8.60. The highest BCUT2D eigenvalue weighted by Crippen LogP contribution is 2.32. The summed E-state index contributed by atoms with van der Waals surface area (Å²) in [5.74, 6) is 2.55. The summed E-state index contributed by atoms with van der Waals surface area (Å²) in [4.78, 5) is 18.3. The number of hydrogen-bond donors (Lipinski definition) is 1. The summed E-state index contributed by atoms with van der Waals surface area (Å²) in [5, 5.41) is 17.4. The molecule has 2 aromatic carbocycles. The molecule has 39 heavy (non-hydrogen) atoms. The molecule has 5 aromatic rings. The van der Waals surface area contributed by atoms with Crippen LogP contribution >= 0.6 is 34.4 Å². The highest BCUT2D eigenvalue weighted by atomic mass is 32.2. The van der Waals surface area contributed by atoms with E-state index in [1.807, 2.05) is 41.8 Å². The minimum absolute atomic E-state index is 0.189. The smallest absolute Gasteiger partial charge is 0.270 e. The van der Waals surface area contributed by atoms with Crippen LogP contribution in [0.4, 0.5) is 0 Å². The van der Waals surface area contributed by atoms with Gasteiger partial charge in [0.25, 0.3) is 5.91 Å². The molecular formula is C28H27N5O3S3. The van der Waals surface area contributed by atoms with Crippen molar-refractivity contribution in [3.05, 3.63) is 87.2 Å². The van der Waals surface area contributed by atoms with E-state index in [2.05, 4.69) is 50.2 Å². The van der Waals surface area contributed by atoms with Gasteiger partial charge in [-0.3, -0.25) is 9.36 Å². The number of benzene rings is 2. The minimum Gasteiger partial charge on any atom is -0.493 e. The first kappa shape index (κ1) is 26.9. The van der Waals surface area contributed by atoms with Gasteiger partial charge in [0, 0.05) is 11.9 Å². The van der Waals surface area contributed by atoms with E-state index >= 15 is 0 Å². The molecule has 1 amide bonds. The number of carbonyl (C=O) groups is 1. The van der Waals surface area contributed by atoms with Crippen molar-refractivity contribution in [2.24, 2.45) is 0 Å². The number of aryl methyl sites for hydroxylation is 1. The molecule has 0 atom stereocenters. The Morgan fingerprint density at radius 1 is 1.03 bits per heavy atom. The fraction of sp³-hybridized carbons (Fsp3) is 0.214. The zero-order chi connectivity index (χ0) is 27.2. The second kappa shape index (κ2) is 12.5. The summed E-state index contributed by atoms with van der Waals surface area (Å²) >= 11 is 4.65. The number of nitrogens with one attached hydrogen (secondary N) is 1. The van der Waals surface area contributed by atoms with Gasteiger partial charge in [-0.2, -0.15) is 0 Å². The SMILES string of the molecule is COc1ccc(CCNC(=O)c2csc(CSc3nnc(-c4cccs4)n3-c3cccc(C)c3)n2)cc1OC. The van der Waals surface area contributed by atoms with Crippen molar-refractivity contribution in [2.75, 3.05) is 20.8 Å². The summed E-state index contributed by atoms with van der Waals surface area (Å²) in [6, 6.07) is 18.1. The number of thiazole rings is 1. The lowest BCUT2D eigenvalue weighted by molar-refractivity contribution is 0.0949. The molecule has 1 N–H and O–H groups in total. The molecular weight excluding hydrogens is 551 g/mol. The van der Waals surface area contributed by atoms with E-state index in [1.54, 1.807) is 42.7 Å². The van der Waals surface area contributed by atoms with Crippen molar-refractivity contribution in [3.63, 3.8) is 0 Å². The molecule has 0 saturated carbocycles. The highest BCUT2D eigenvalue weighted by molar-refractivity contribution is 7.98. The van der Waals surface area contributed by atoms with Crippen LogP contribution in [0.15, 0.2) is 70.5 Å². The second-order valence-corrected chi connectivity index (χ2v) is 11.4. The van der Waals surface area contributed by atoms with Gasteiger partial charge in [0.1, 0.15) is 10.7 Å². The second-order valence-electron chi connectivity index (χ2n) is 8.57. The van der Waals surface area contributed by atoms with Crippen LogP contribution in [0.1, 0.15) is 26.6 Å². The van der Waals surface area contributed by atoms with Crippen LogP contribution in [-0.4, -0.2) is 46.4 Å². The van der Waals surface area contributed by atoms with E-state index < -0.39 is 0 Å². The normalized spacial score (nSPS) is 10.9. The van der Waals surface area contributed by atoms with Crippen LogP contribution in [0.3, 0.4) is 0 Å². The molecule has 5 rings (SSSR count). The van der Waals surface area contributed by atoms with Gasteiger partial charge < -0.3 is 14.8 Å². The van der Waals surface area contributed by atoms with E-state index in [0.717, 1.165) is 37.7 Å². The van der Waals surface area contributed by atoms with E-state index in [1.165, 1.54) is 11.3 Å². The molecule has 0 fully saturated rings. The Labute approximate surface area is 239 Å². The predicted molar refractivity (Wildman–Crippen MR) is 157 cm³/mol. The number of aromatic nitrogens is 4. The number of thioether (sulfide) groups is 1. The number of hydrogen-bond acceptors (Lipinski definition) is 9. The zero-order valence-electron chi connectivity index (χ0n) is 21.7. The lowest BCUT2D eigenvalue weighted by Crippen LogP contribution is -2.26. The third-order valence-electron chi connectivity index (χ3n) is 5.89. The van der Waals surface area contributed by atoms with Gasteiger partial charge in [-0.1, -0.05) is 36.0 Å². The summed E-state index contributed by atoms with van der Waals surface area (Å²) in [6.07, 6.45) is 0.667. The zero-order valence-corrected chi connectivity index (χ0v) is 24.2. The molecule has 0 aliphatic heterocycles. The Balaban J connectivity index is 1.22. The molecule has 0 radical (unpaired) electrons. The monoisotopic (exact) mass is 577 g/mol. The first-order chi connectivity index (χ1) is 19.1. The van der Waals surface area contributed by atoms with Crippen LogP contribution in [0.5, 0.6) is 11.5 Å². The highest BCUT2D eigenvalue weighted by Gasteiger charge is 2.18. The summed E-state index contributed by atoms with van der Waals surface area (Å²) in [6.45, 7) is 2.56. The van der Waals surface area contributed by atoms with Crippen molar-refractivity contribution in [1.29, 1.82) is 0 Å². The number of amides is 1. The van der Waals surface area contributed by atoms with E-state index in [-0.39, 0.29) is 5.91 Å². The maximum atomic E-state index is 12.7. The van der Waals surface area contributed by atoms with Crippen molar-refractivity contribution in [1.82, 2.24) is 25.1 Å². The molecule has 8 nitrogen and oxygen atoms in total. The van der Waals surface area contributed by atoms with E-state index in [0.29, 0.717) is 35.9 Å². The van der Waals surface area contributed by atoms with E-state index in [9.17, 15) is 4.79 Å². The number of thiophene rings is 1. The van der Waals surface area contributed by atoms with Crippen molar-refractivity contribution < 1.29 is 14.3 Å². The fourth-order valence-electron chi connectivity index (χ4n) is 3.98. The van der Waals surface area contributed by atoms with Crippen molar-refractivity contribution >= 4 is 40.3 Å². The van der Waals surface area contributed by atoms with Crippen LogP contribution in [0.25, 0.3) is 16.4 Å². The molecule has 0 aliphatic carbocycles. The molecule has 0 spiro atoms. The number of ether oxygens (including phenoxy) is 2. The van der Waals surface area contributed by atoms with Gasteiger partial charge in [-0.25, -0.2) is 4.98 Å². The molecule has 11 heteroatoms. The van der Waals surface area contributed by atoms with Crippen LogP contribution < -0.4 is 14.8 Å². The third-order valence-corrected chi connectivity index (χ3v) is 8.73. The lowest BCUT2D eigenvalue weighted by Gasteiger charge is -2.10. The topological polar surface area (TPSA) is 91.2 Å². The predicted octanol–water partition coefficient (Wildman–Crippen LogP) is 6.04. The standard InChI is InChI=1S/C28H27N5O3S3/c1-18-6-4-7-20(14-18)33-26(24-8-5-13-37-24)31-32-28(33)39-17-25-30-21(16-38-25)27(34)29-12-11-19-9-10-22(35-2)23(15-19)36-3/h4-10,13-16H,11-12,17H2,1-3H3,(H,29,34). The molecule has 0 unspecified atom stereocenters. The van der Waals surface area contributed by atoms with Crippen LogP contribution in [0.2, 0.25) is 0 Å². The molecule has 3 aromatic heterocycles. The van der Waals surface area contributed by atoms with Crippen LogP contribution in [-0.2, 0) is 12.2 Å². The average Bonchev–Trinajstić information content (AvgIpc) is 3.72. The van der Waals surface area contributed by atoms with Gasteiger partial charge in [-0.05, 0) is 60.2 Å². The number of carbonyl (C=O) groups excluding carboxylic acids is 1. The Bertz CT molecular complexity index is 1560. The van der Waals surface area contributed by atoms with Crippen molar-refractivity contribution in [2.45, 2.75) is 24.3 Å². The maximum absolute atomic E-state index is 12.7. The molecule has 0 bridgehead atoms. The first-order valence-corrected chi connectivity index (χ1v) is 14.9. The summed E-state index contributed by atoms with van der Waals surface area (Å²) in [7, 11) is 3.21. The minimum atomic E-state index is -0.189. The van der Waals surface area contributed by atoms with Gasteiger partial charge in [0.15, 0.2) is 22.5 Å². The Morgan fingerprint density at radius 3 is 2.67 bits per heavy atom. The van der Waals surface area contributed by atoms with E-state index in [4.69, 9.17) is 9.47 Å². The molecule has 0 saturated heterocycles. The largest absolute Gasteiger partial charge is 0.493 e. The number of methoxy groups -OCH3 is 2. The number of nitrogens with zero attached hydrogens (tertiary/aromatic N) is 4. The first-order valence-electron chi connectivity index (χ1n) is 12.2. The Morgan fingerprint density at radius 2 is 1.90 bits per heavy atom. The van der Waals surface area contributed by atoms with Crippen LogP contribution in [0, 0.1) is 6.92 Å². The lowest BCUT2D eigenvalue weighted by atomic mass is 10.1. The van der Waals surface area contributed by atoms with Gasteiger partial charge in [0.2, 0.25) is 0 Å². The third kappa shape index (κ3) is 6.32. The summed E-state index contributed by atoms with van der Waals surface area (Å²) < 4.78 is 12.7. The maximum Gasteiger partial charge on any atom is 0.270 e. The molecule has 3 heterocycles. The fourth-order valence-corrected chi connectivity index (χ4v) is 6.43. The Hall–Kier alpha value is -3.67. The van der Waals surface area contributed by atoms with Gasteiger partial charge >= 0.3 is 0 Å². The number of rotatable bonds is 11. The van der Waals surface area contributed by atoms with Crippen molar-refractivity contribution in [3.8, 4) is 27.9 Å². The van der Waals surface area contributed by atoms with Gasteiger partial charge in [0.05, 0.1) is 30.5 Å².